The zero-order valence-electron chi connectivity index (χ0n) is 12.0. The lowest BCUT2D eigenvalue weighted by Gasteiger charge is -2.18. The van der Waals surface area contributed by atoms with Crippen LogP contribution in [-0.4, -0.2) is 8.42 Å². The van der Waals surface area contributed by atoms with Crippen molar-refractivity contribution in [1.29, 1.82) is 0 Å². The summed E-state index contributed by atoms with van der Waals surface area (Å²) < 4.78 is 29.0. The summed E-state index contributed by atoms with van der Waals surface area (Å²) in [6.45, 7) is 0. The maximum atomic E-state index is 12.7. The zero-order valence-corrected chi connectivity index (χ0v) is 15.2. The number of sulfonamides is 1. The molecule has 1 atom stereocenters. The predicted octanol–water partition coefficient (Wildman–Crippen LogP) is 4.58. The lowest BCUT2D eigenvalue weighted by atomic mass is 10.1. The van der Waals surface area contributed by atoms with Crippen molar-refractivity contribution in [3.8, 4) is 0 Å². The largest absolute Gasteiger partial charge is 0.241 e. The van der Waals surface area contributed by atoms with E-state index in [4.69, 9.17) is 0 Å². The maximum Gasteiger partial charge on any atom is 0.241 e. The van der Waals surface area contributed by atoms with Crippen molar-refractivity contribution >= 4 is 37.3 Å². The molecular formula is C17H14BrNO2S2. The van der Waals surface area contributed by atoms with Crippen molar-refractivity contribution in [2.75, 3.05) is 0 Å². The fourth-order valence-corrected chi connectivity index (χ4v) is 4.93. The Morgan fingerprint density at radius 1 is 0.957 bits per heavy atom. The highest BCUT2D eigenvalue weighted by molar-refractivity contribution is 9.10. The highest BCUT2D eigenvalue weighted by atomic mass is 79.9. The number of hydrogen-bond donors (Lipinski definition) is 1. The topological polar surface area (TPSA) is 46.2 Å². The first kappa shape index (κ1) is 16.4. The predicted molar refractivity (Wildman–Crippen MR) is 97.1 cm³/mol. The molecule has 0 unspecified atom stereocenters. The van der Waals surface area contributed by atoms with Crippen LogP contribution < -0.4 is 4.72 Å². The highest BCUT2D eigenvalue weighted by Gasteiger charge is 2.23. The van der Waals surface area contributed by atoms with Crippen LogP contribution >= 0.6 is 27.3 Å². The molecule has 6 heteroatoms. The van der Waals surface area contributed by atoms with E-state index in [1.54, 1.807) is 24.3 Å². The molecule has 0 saturated heterocycles. The molecule has 0 fully saturated rings. The van der Waals surface area contributed by atoms with E-state index in [0.29, 0.717) is 0 Å². The number of nitrogens with one attached hydrogen (secondary N) is 1. The summed E-state index contributed by atoms with van der Waals surface area (Å²) in [7, 11) is -3.63. The summed E-state index contributed by atoms with van der Waals surface area (Å²) in [5.74, 6) is 0. The van der Waals surface area contributed by atoms with E-state index in [-0.39, 0.29) is 4.90 Å². The molecule has 1 aromatic heterocycles. The monoisotopic (exact) mass is 407 g/mol. The molecule has 0 amide bonds. The Kier molecular flexibility index (Phi) is 4.96. The minimum absolute atomic E-state index is 0.240. The van der Waals surface area contributed by atoms with Gasteiger partial charge in [0.05, 0.1) is 10.9 Å². The van der Waals surface area contributed by atoms with E-state index in [2.05, 4.69) is 20.7 Å². The van der Waals surface area contributed by atoms with Crippen molar-refractivity contribution in [3.63, 3.8) is 0 Å². The van der Waals surface area contributed by atoms with Crippen LogP contribution in [0, 0.1) is 0 Å². The number of thiophene rings is 1. The molecule has 2 aromatic carbocycles. The summed E-state index contributed by atoms with van der Waals surface area (Å²) in [5.41, 5.74) is 0.911. The van der Waals surface area contributed by atoms with Gasteiger partial charge in [-0.2, -0.15) is 4.72 Å². The van der Waals surface area contributed by atoms with E-state index in [0.717, 1.165) is 14.9 Å². The molecular weight excluding hydrogens is 394 g/mol. The standard InChI is InChI=1S/C17H14BrNO2S2/c18-14-8-4-9-15(12-14)23(20,21)19-17(16-10-5-11-22-16)13-6-2-1-3-7-13/h1-12,17,19H/t17-/m1/s1. The lowest BCUT2D eigenvalue weighted by Crippen LogP contribution is -2.29. The van der Waals surface area contributed by atoms with Crippen molar-refractivity contribution in [2.45, 2.75) is 10.9 Å². The van der Waals surface area contributed by atoms with E-state index in [1.807, 2.05) is 47.8 Å². The van der Waals surface area contributed by atoms with E-state index < -0.39 is 16.1 Å². The second kappa shape index (κ2) is 6.97. The molecule has 0 aliphatic carbocycles. The van der Waals surface area contributed by atoms with Crippen LogP contribution in [0.5, 0.6) is 0 Å². The van der Waals surface area contributed by atoms with Gasteiger partial charge in [-0.15, -0.1) is 11.3 Å². The van der Waals surface area contributed by atoms with Crippen LogP contribution in [0.3, 0.4) is 0 Å². The van der Waals surface area contributed by atoms with E-state index >= 15 is 0 Å². The number of halogens is 1. The second-order valence-corrected chi connectivity index (χ2v) is 8.55. The van der Waals surface area contributed by atoms with Crippen molar-refractivity contribution in [2.24, 2.45) is 0 Å². The molecule has 0 saturated carbocycles. The average Bonchev–Trinajstić information content (AvgIpc) is 3.08. The Morgan fingerprint density at radius 3 is 2.39 bits per heavy atom. The SMILES string of the molecule is O=S(=O)(N[C@H](c1ccccc1)c1cccs1)c1cccc(Br)c1. The number of rotatable bonds is 5. The van der Waals surface area contributed by atoms with E-state index in [1.165, 1.54) is 11.3 Å². The molecule has 3 aromatic rings. The van der Waals surface area contributed by atoms with Gasteiger partial charge < -0.3 is 0 Å². The van der Waals surface area contributed by atoms with Crippen LogP contribution in [-0.2, 0) is 10.0 Å². The Morgan fingerprint density at radius 2 is 1.74 bits per heavy atom. The summed E-state index contributed by atoms with van der Waals surface area (Å²) >= 11 is 4.84. The van der Waals surface area contributed by atoms with Gasteiger partial charge in [0.25, 0.3) is 0 Å². The van der Waals surface area contributed by atoms with Gasteiger partial charge >= 0.3 is 0 Å². The molecule has 0 radical (unpaired) electrons. The van der Waals surface area contributed by atoms with Crippen LogP contribution in [0.15, 0.2) is 81.5 Å². The second-order valence-electron chi connectivity index (χ2n) is 4.94. The van der Waals surface area contributed by atoms with Crippen LogP contribution in [0.4, 0.5) is 0 Å². The van der Waals surface area contributed by atoms with Gasteiger partial charge in [-0.25, -0.2) is 8.42 Å². The van der Waals surface area contributed by atoms with Gasteiger partial charge in [-0.3, -0.25) is 0 Å². The molecule has 1 heterocycles. The third-order valence-electron chi connectivity index (χ3n) is 3.34. The van der Waals surface area contributed by atoms with Gasteiger partial charge in [0.1, 0.15) is 0 Å². The minimum Gasteiger partial charge on any atom is -0.207 e. The third kappa shape index (κ3) is 3.90. The van der Waals surface area contributed by atoms with Crippen LogP contribution in [0.25, 0.3) is 0 Å². The molecule has 23 heavy (non-hydrogen) atoms. The van der Waals surface area contributed by atoms with Gasteiger partial charge in [0.2, 0.25) is 10.0 Å². The third-order valence-corrected chi connectivity index (χ3v) is 6.19. The molecule has 0 bridgehead atoms. The maximum absolute atomic E-state index is 12.7. The van der Waals surface area contributed by atoms with Gasteiger partial charge in [-0.1, -0.05) is 58.4 Å². The smallest absolute Gasteiger partial charge is 0.207 e. The highest BCUT2D eigenvalue weighted by Crippen LogP contribution is 2.28. The summed E-state index contributed by atoms with van der Waals surface area (Å²) in [6.07, 6.45) is 0. The van der Waals surface area contributed by atoms with Gasteiger partial charge in [-0.05, 0) is 35.2 Å². The fourth-order valence-electron chi connectivity index (χ4n) is 2.25. The molecule has 3 nitrogen and oxygen atoms in total. The normalized spacial score (nSPS) is 12.9. The van der Waals surface area contributed by atoms with Gasteiger partial charge in [0.15, 0.2) is 0 Å². The summed E-state index contributed by atoms with van der Waals surface area (Å²) in [4.78, 5) is 1.19. The molecule has 1 N–H and O–H groups in total. The molecule has 0 spiro atoms. The first-order valence-electron chi connectivity index (χ1n) is 6.92. The summed E-state index contributed by atoms with van der Waals surface area (Å²) in [5, 5.41) is 1.94. The molecule has 3 rings (SSSR count). The van der Waals surface area contributed by atoms with Crippen LogP contribution in [0.1, 0.15) is 16.5 Å². The summed E-state index contributed by atoms with van der Waals surface area (Å²) in [6, 6.07) is 19.7. The van der Waals surface area contributed by atoms with Crippen molar-refractivity contribution in [1.82, 2.24) is 4.72 Å². The minimum atomic E-state index is -3.63. The quantitative estimate of drug-likeness (QED) is 0.672. The first-order valence-corrected chi connectivity index (χ1v) is 10.1. The number of benzene rings is 2. The van der Waals surface area contributed by atoms with Crippen molar-refractivity contribution in [3.05, 3.63) is 87.0 Å². The van der Waals surface area contributed by atoms with Crippen molar-refractivity contribution < 1.29 is 8.42 Å². The first-order chi connectivity index (χ1) is 11.1. The lowest BCUT2D eigenvalue weighted by molar-refractivity contribution is 0.573. The molecule has 118 valence electrons. The average molecular weight is 408 g/mol. The van der Waals surface area contributed by atoms with E-state index in [9.17, 15) is 8.42 Å². The Hall–Kier alpha value is -1.47. The van der Waals surface area contributed by atoms with Crippen LogP contribution in [0.2, 0.25) is 0 Å². The Labute approximate surface area is 148 Å². The molecule has 0 aliphatic heterocycles. The molecule has 0 aliphatic rings. The zero-order chi connectivity index (χ0) is 16.3. The van der Waals surface area contributed by atoms with Gasteiger partial charge in [0, 0.05) is 9.35 Å². The Balaban J connectivity index is 1.99. The fraction of sp³-hybridized carbons (Fsp3) is 0.0588. The number of hydrogen-bond acceptors (Lipinski definition) is 3. The Bertz CT molecular complexity index is 878.